The molecule has 1 heterocycles. The monoisotopic (exact) mass is 247 g/mol. The first-order valence-electron chi connectivity index (χ1n) is 5.87. The van der Waals surface area contributed by atoms with Crippen LogP contribution in [0.15, 0.2) is 12.3 Å². The first kappa shape index (κ1) is 11.1. The van der Waals surface area contributed by atoms with Crippen molar-refractivity contribution in [1.29, 1.82) is 0 Å². The van der Waals surface area contributed by atoms with E-state index in [0.29, 0.717) is 24.4 Å². The third-order valence-corrected chi connectivity index (χ3v) is 3.95. The van der Waals surface area contributed by atoms with Crippen molar-refractivity contribution in [3.8, 4) is 0 Å². The van der Waals surface area contributed by atoms with Crippen LogP contribution in [0.2, 0.25) is 0 Å². The molecule has 2 N–H and O–H groups in total. The number of nitrogens with zero attached hydrogens (tertiary/aromatic N) is 2. The van der Waals surface area contributed by atoms with Gasteiger partial charge in [-0.25, -0.2) is 9.97 Å². The normalized spacial score (nSPS) is 32.1. The number of aliphatic carboxylic acids is 1. The van der Waals surface area contributed by atoms with Crippen LogP contribution >= 0.6 is 0 Å². The number of aromatic nitrogens is 2. The summed E-state index contributed by atoms with van der Waals surface area (Å²) < 4.78 is 0. The highest BCUT2D eigenvalue weighted by molar-refractivity contribution is 5.93. The number of carboxylic acid groups (broad SMARTS) is 1. The summed E-state index contributed by atoms with van der Waals surface area (Å²) in [6, 6.07) is 1.53. The quantitative estimate of drug-likeness (QED) is 0.805. The molecule has 3 atom stereocenters. The van der Waals surface area contributed by atoms with Crippen LogP contribution in [-0.4, -0.2) is 33.0 Å². The van der Waals surface area contributed by atoms with Gasteiger partial charge in [0.25, 0.3) is 5.91 Å². The van der Waals surface area contributed by atoms with Gasteiger partial charge in [-0.15, -0.1) is 0 Å². The Balaban J connectivity index is 1.63. The van der Waals surface area contributed by atoms with E-state index in [1.807, 2.05) is 0 Å². The number of amides is 1. The van der Waals surface area contributed by atoms with E-state index < -0.39 is 11.4 Å². The molecule has 6 nitrogen and oxygen atoms in total. The molecular weight excluding hydrogens is 234 g/mol. The predicted octanol–water partition coefficient (Wildman–Crippen LogP) is 0.378. The van der Waals surface area contributed by atoms with Gasteiger partial charge in [-0.05, 0) is 31.7 Å². The average molecular weight is 247 g/mol. The lowest BCUT2D eigenvalue weighted by molar-refractivity contribution is -0.147. The molecule has 2 saturated carbocycles. The minimum Gasteiger partial charge on any atom is -0.481 e. The fraction of sp³-hybridized carbons (Fsp3) is 0.500. The standard InChI is InChI=1S/C12H13N3O3/c1-6-13-3-2-8(14-6)10(16)15-9-5-12(11(17)18)4-7(9)12/h2-3,7,9H,4-5H2,1H3,(H,15,16)(H,17,18)/t7-,9+,12-/m0/s1. The van der Waals surface area contributed by atoms with Gasteiger partial charge in [-0.1, -0.05) is 0 Å². The van der Waals surface area contributed by atoms with Crippen LogP contribution in [0.5, 0.6) is 0 Å². The number of hydrogen-bond donors (Lipinski definition) is 2. The van der Waals surface area contributed by atoms with Crippen LogP contribution in [0.4, 0.5) is 0 Å². The van der Waals surface area contributed by atoms with Gasteiger partial charge in [-0.3, -0.25) is 9.59 Å². The van der Waals surface area contributed by atoms with E-state index in [0.717, 1.165) is 0 Å². The van der Waals surface area contributed by atoms with Crippen molar-refractivity contribution in [3.05, 3.63) is 23.8 Å². The maximum Gasteiger partial charge on any atom is 0.310 e. The van der Waals surface area contributed by atoms with Crippen LogP contribution < -0.4 is 5.32 Å². The highest BCUT2D eigenvalue weighted by atomic mass is 16.4. The van der Waals surface area contributed by atoms with Crippen LogP contribution in [0.3, 0.4) is 0 Å². The number of carbonyl (C=O) groups excluding carboxylic acids is 1. The van der Waals surface area contributed by atoms with Crippen LogP contribution in [-0.2, 0) is 4.79 Å². The van der Waals surface area contributed by atoms with E-state index >= 15 is 0 Å². The fourth-order valence-corrected chi connectivity index (χ4v) is 2.78. The Kier molecular flexibility index (Phi) is 2.17. The third-order valence-electron chi connectivity index (χ3n) is 3.95. The zero-order valence-corrected chi connectivity index (χ0v) is 9.88. The minimum absolute atomic E-state index is 0.0242. The Morgan fingerprint density at radius 3 is 2.83 bits per heavy atom. The summed E-state index contributed by atoms with van der Waals surface area (Å²) in [5.41, 5.74) is -0.213. The van der Waals surface area contributed by atoms with Gasteiger partial charge in [0.2, 0.25) is 0 Å². The summed E-state index contributed by atoms with van der Waals surface area (Å²) >= 11 is 0. The second kappa shape index (κ2) is 3.51. The summed E-state index contributed by atoms with van der Waals surface area (Å²) in [7, 11) is 0. The van der Waals surface area contributed by atoms with Gasteiger partial charge in [0.1, 0.15) is 11.5 Å². The molecule has 0 spiro atoms. The molecule has 1 aromatic rings. The van der Waals surface area contributed by atoms with Crippen molar-refractivity contribution in [3.63, 3.8) is 0 Å². The molecule has 0 aromatic carbocycles. The second-order valence-electron chi connectivity index (χ2n) is 5.05. The lowest BCUT2D eigenvalue weighted by Crippen LogP contribution is -2.48. The summed E-state index contributed by atoms with van der Waals surface area (Å²) in [4.78, 5) is 30.8. The van der Waals surface area contributed by atoms with E-state index in [-0.39, 0.29) is 17.9 Å². The molecule has 0 radical (unpaired) electrons. The Morgan fingerprint density at radius 1 is 1.50 bits per heavy atom. The van der Waals surface area contributed by atoms with E-state index in [1.54, 1.807) is 13.0 Å². The van der Waals surface area contributed by atoms with Gasteiger partial charge in [-0.2, -0.15) is 0 Å². The Labute approximate surface area is 103 Å². The number of aryl methyl sites for hydroxylation is 1. The molecule has 94 valence electrons. The number of nitrogens with one attached hydrogen (secondary N) is 1. The van der Waals surface area contributed by atoms with Gasteiger partial charge < -0.3 is 10.4 Å². The molecule has 0 saturated heterocycles. The van der Waals surface area contributed by atoms with Crippen molar-refractivity contribution >= 4 is 11.9 Å². The average Bonchev–Trinajstić information content (AvgIpc) is 2.93. The summed E-state index contributed by atoms with van der Waals surface area (Å²) in [5, 5.41) is 11.8. The summed E-state index contributed by atoms with van der Waals surface area (Å²) in [5.74, 6) is -0.350. The molecule has 0 unspecified atom stereocenters. The van der Waals surface area contributed by atoms with Crippen molar-refractivity contribution < 1.29 is 14.7 Å². The maximum absolute atomic E-state index is 11.9. The molecule has 0 aliphatic heterocycles. The van der Waals surface area contributed by atoms with Crippen LogP contribution in [0.25, 0.3) is 0 Å². The van der Waals surface area contributed by atoms with E-state index in [1.165, 1.54) is 6.20 Å². The molecule has 6 heteroatoms. The number of carbonyl (C=O) groups is 2. The number of hydrogen-bond acceptors (Lipinski definition) is 4. The topological polar surface area (TPSA) is 92.2 Å². The SMILES string of the molecule is Cc1nccc(C(=O)N[C@@H]2C[C@@]3(C(=O)O)C[C@@H]23)n1. The first-order valence-corrected chi connectivity index (χ1v) is 5.87. The Morgan fingerprint density at radius 2 is 2.28 bits per heavy atom. The highest BCUT2D eigenvalue weighted by Gasteiger charge is 2.72. The summed E-state index contributed by atoms with van der Waals surface area (Å²) in [6.45, 7) is 1.72. The molecule has 3 rings (SSSR count). The predicted molar refractivity (Wildman–Crippen MR) is 60.8 cm³/mol. The van der Waals surface area contributed by atoms with Crippen molar-refractivity contribution in [2.45, 2.75) is 25.8 Å². The van der Waals surface area contributed by atoms with Crippen molar-refractivity contribution in [1.82, 2.24) is 15.3 Å². The Bertz CT molecular complexity index is 545. The zero-order chi connectivity index (χ0) is 12.9. The summed E-state index contributed by atoms with van der Waals surface area (Å²) in [6.07, 6.45) is 2.75. The third kappa shape index (κ3) is 1.48. The molecule has 18 heavy (non-hydrogen) atoms. The molecule has 1 amide bonds. The van der Waals surface area contributed by atoms with Crippen LogP contribution in [0, 0.1) is 18.3 Å². The second-order valence-corrected chi connectivity index (χ2v) is 5.05. The molecular formula is C12H13N3O3. The van der Waals surface area contributed by atoms with Crippen molar-refractivity contribution in [2.75, 3.05) is 0 Å². The van der Waals surface area contributed by atoms with E-state index in [4.69, 9.17) is 5.11 Å². The molecule has 1 aromatic heterocycles. The van der Waals surface area contributed by atoms with E-state index in [2.05, 4.69) is 15.3 Å². The highest BCUT2D eigenvalue weighted by Crippen LogP contribution is 2.67. The lowest BCUT2D eigenvalue weighted by Gasteiger charge is -2.32. The van der Waals surface area contributed by atoms with Crippen molar-refractivity contribution in [2.24, 2.45) is 11.3 Å². The maximum atomic E-state index is 11.9. The Hall–Kier alpha value is -1.98. The number of carboxylic acids is 1. The molecule has 2 aliphatic rings. The first-order chi connectivity index (χ1) is 8.53. The molecule has 0 bridgehead atoms. The molecule has 2 fully saturated rings. The lowest BCUT2D eigenvalue weighted by atomic mass is 9.80. The largest absolute Gasteiger partial charge is 0.481 e. The smallest absolute Gasteiger partial charge is 0.310 e. The van der Waals surface area contributed by atoms with Gasteiger partial charge in [0.15, 0.2) is 0 Å². The van der Waals surface area contributed by atoms with Gasteiger partial charge in [0, 0.05) is 12.2 Å². The van der Waals surface area contributed by atoms with Crippen LogP contribution in [0.1, 0.15) is 29.2 Å². The number of rotatable bonds is 3. The van der Waals surface area contributed by atoms with E-state index in [9.17, 15) is 9.59 Å². The minimum atomic E-state index is -0.740. The molecule has 2 aliphatic carbocycles. The zero-order valence-electron chi connectivity index (χ0n) is 9.88. The fourth-order valence-electron chi connectivity index (χ4n) is 2.78. The van der Waals surface area contributed by atoms with Gasteiger partial charge >= 0.3 is 5.97 Å². The number of fused-ring (bicyclic) bond motifs is 1. The van der Waals surface area contributed by atoms with Gasteiger partial charge in [0.05, 0.1) is 5.41 Å².